The highest BCUT2D eigenvalue weighted by Crippen LogP contribution is 2.55. The van der Waals surface area contributed by atoms with Gasteiger partial charge in [0, 0.05) is 18.7 Å². The predicted molar refractivity (Wildman–Crippen MR) is 208 cm³/mol. The fourth-order valence-corrected chi connectivity index (χ4v) is 11.8. The second kappa shape index (κ2) is 22.8. The molecule has 3 aromatic carbocycles. The van der Waals surface area contributed by atoms with Crippen LogP contribution in [0.2, 0.25) is 0 Å². The molecule has 2 atom stereocenters. The van der Waals surface area contributed by atoms with E-state index in [0.29, 0.717) is 6.54 Å². The Balaban J connectivity index is 1.46. The smallest absolute Gasteiger partial charge is 0.325 e. The maximum Gasteiger partial charge on any atom is 0.325 e. The average molecular weight is 756 g/mol. The van der Waals surface area contributed by atoms with Gasteiger partial charge in [-0.05, 0) is 62.1 Å². The highest BCUT2D eigenvalue weighted by Gasteiger charge is 2.44. The fourth-order valence-electron chi connectivity index (χ4n) is 5.38. The Morgan fingerprint density at radius 1 is 0.725 bits per heavy atom. The molecule has 51 heavy (non-hydrogen) atoms. The van der Waals surface area contributed by atoms with Gasteiger partial charge in [0.15, 0.2) is 0 Å². The number of hydrogen-bond acceptors (Lipinski definition) is 10. The number of esters is 2. The lowest BCUT2D eigenvalue weighted by atomic mass is 10.1. The molecule has 0 aliphatic carbocycles. The van der Waals surface area contributed by atoms with Crippen LogP contribution in [-0.4, -0.2) is 86.7 Å². The lowest BCUT2D eigenvalue weighted by Crippen LogP contribution is -2.49. The van der Waals surface area contributed by atoms with E-state index in [9.17, 15) is 24.0 Å². The van der Waals surface area contributed by atoms with E-state index in [2.05, 4.69) is 116 Å². The van der Waals surface area contributed by atoms with E-state index in [-0.39, 0.29) is 36.8 Å². The lowest BCUT2D eigenvalue weighted by Gasteiger charge is -2.27. The van der Waals surface area contributed by atoms with Crippen LogP contribution in [0.4, 0.5) is 0 Å². The Morgan fingerprint density at radius 3 is 1.82 bits per heavy atom. The molecule has 3 aromatic rings. The topological polar surface area (TPSA) is 166 Å². The SMILES string of the molecule is COC(=O)CNC(=O)[C@H](CSSCC(=O)NCCCCC[P+](c1ccccc1)(c1ccccc1)c1ccccc1)NC(=O)CC[C@H](N)C(=O)OC. The molecule has 3 rings (SSSR count). The molecule has 3 amide bonds. The number of hydrogen-bond donors (Lipinski definition) is 4. The van der Waals surface area contributed by atoms with Gasteiger partial charge in [-0.2, -0.15) is 0 Å². The summed E-state index contributed by atoms with van der Waals surface area (Å²) in [5.41, 5.74) is 5.70. The number of carbonyl (C=O) groups excluding carboxylic acids is 5. The normalized spacial score (nSPS) is 12.2. The second-order valence-electron chi connectivity index (χ2n) is 11.6. The number of methoxy groups -OCH3 is 2. The minimum absolute atomic E-state index is 0.0343. The maximum atomic E-state index is 12.7. The summed E-state index contributed by atoms with van der Waals surface area (Å²) in [7, 11) is 3.02. The Kier molecular flexibility index (Phi) is 18.6. The minimum atomic E-state index is -1.88. The van der Waals surface area contributed by atoms with Crippen molar-refractivity contribution < 1.29 is 33.4 Å². The highest BCUT2D eigenvalue weighted by atomic mass is 33.1. The van der Waals surface area contributed by atoms with E-state index in [0.717, 1.165) is 25.4 Å². The van der Waals surface area contributed by atoms with Crippen LogP contribution in [-0.2, 0) is 33.4 Å². The van der Waals surface area contributed by atoms with Crippen LogP contribution in [0.3, 0.4) is 0 Å². The number of ether oxygens (including phenoxy) is 2. The second-order valence-corrected chi connectivity index (χ2v) is 17.7. The van der Waals surface area contributed by atoms with Crippen LogP contribution in [0.15, 0.2) is 91.0 Å². The van der Waals surface area contributed by atoms with Crippen LogP contribution in [0.25, 0.3) is 0 Å². The van der Waals surface area contributed by atoms with Crippen LogP contribution in [0, 0.1) is 0 Å². The van der Waals surface area contributed by atoms with Gasteiger partial charge in [0.25, 0.3) is 0 Å². The largest absolute Gasteiger partial charge is 0.468 e. The fraction of sp³-hybridized carbons (Fsp3) is 0.378. The van der Waals surface area contributed by atoms with Crippen molar-refractivity contribution in [1.29, 1.82) is 0 Å². The third-order valence-corrected chi connectivity index (χ3v) is 14.9. The summed E-state index contributed by atoms with van der Waals surface area (Å²) in [5.74, 6) is -2.19. The molecule has 0 heterocycles. The van der Waals surface area contributed by atoms with Gasteiger partial charge in [0.1, 0.15) is 41.8 Å². The molecule has 11 nitrogen and oxygen atoms in total. The molecule has 274 valence electrons. The van der Waals surface area contributed by atoms with Gasteiger partial charge in [-0.15, -0.1) is 0 Å². The maximum absolute atomic E-state index is 12.7. The lowest BCUT2D eigenvalue weighted by molar-refractivity contribution is -0.142. The summed E-state index contributed by atoms with van der Waals surface area (Å²) < 4.78 is 9.13. The molecule has 0 aliphatic rings. The van der Waals surface area contributed by atoms with Crippen LogP contribution >= 0.6 is 28.9 Å². The standard InChI is InChI=1S/C37H47N4O7PS2/c1-47-35(44)25-40-36(45)32(41-33(42)22-21-31(38)37(46)48-2)26-50-51-27-34(43)39-23-13-6-14-24-49(28-15-7-3-8-16-28,29-17-9-4-10-18-29)30-19-11-5-12-20-30/h3-5,7-12,15-20,31-32H,6,13-14,21-27,38H2,1-2H3,(H2-,39,40,41,42,43,45)/p+1/t31-,32-/m0/s1. The summed E-state index contributed by atoms with van der Waals surface area (Å²) in [6.07, 6.45) is 3.76. The number of unbranched alkanes of at least 4 members (excludes halogenated alkanes) is 2. The first-order valence-electron chi connectivity index (χ1n) is 16.7. The van der Waals surface area contributed by atoms with Gasteiger partial charge >= 0.3 is 11.9 Å². The molecule has 0 unspecified atom stereocenters. The van der Waals surface area contributed by atoms with Crippen molar-refractivity contribution in [3.05, 3.63) is 91.0 Å². The summed E-state index contributed by atoms with van der Waals surface area (Å²) in [6.45, 7) is 0.197. The van der Waals surface area contributed by atoms with Gasteiger partial charge < -0.3 is 31.2 Å². The van der Waals surface area contributed by atoms with E-state index < -0.39 is 43.1 Å². The van der Waals surface area contributed by atoms with E-state index in [1.165, 1.54) is 51.7 Å². The zero-order valence-corrected chi connectivity index (χ0v) is 31.6. The quantitative estimate of drug-likeness (QED) is 0.0519. The third-order valence-electron chi connectivity index (χ3n) is 8.06. The van der Waals surface area contributed by atoms with E-state index >= 15 is 0 Å². The van der Waals surface area contributed by atoms with Crippen LogP contribution in [0.5, 0.6) is 0 Å². The summed E-state index contributed by atoms with van der Waals surface area (Å²) in [4.78, 5) is 60.8. The first kappa shape index (κ1) is 41.5. The van der Waals surface area contributed by atoms with Crippen molar-refractivity contribution in [2.75, 3.05) is 45.0 Å². The van der Waals surface area contributed by atoms with E-state index in [1.807, 2.05) is 0 Å². The Bertz CT molecular complexity index is 1440. The Hall–Kier alpha value is -3.90. The third kappa shape index (κ3) is 13.6. The Labute approximate surface area is 308 Å². The van der Waals surface area contributed by atoms with Crippen molar-refractivity contribution in [2.24, 2.45) is 5.73 Å². The van der Waals surface area contributed by atoms with Crippen molar-refractivity contribution in [3.63, 3.8) is 0 Å². The van der Waals surface area contributed by atoms with Crippen molar-refractivity contribution in [3.8, 4) is 0 Å². The molecule has 5 N–H and O–H groups in total. The van der Waals surface area contributed by atoms with Crippen LogP contribution in [0.1, 0.15) is 32.1 Å². The molecular weight excluding hydrogens is 708 g/mol. The first-order valence-corrected chi connectivity index (χ1v) is 21.2. The number of amides is 3. The summed E-state index contributed by atoms with van der Waals surface area (Å²) in [5, 5.41) is 12.1. The molecule has 0 fully saturated rings. The zero-order chi connectivity index (χ0) is 36.9. The van der Waals surface area contributed by atoms with Crippen molar-refractivity contribution >= 4 is 74.4 Å². The molecule has 0 aromatic heterocycles. The number of nitrogens with two attached hydrogens (primary N) is 1. The predicted octanol–water partition coefficient (Wildman–Crippen LogP) is 2.70. The molecule has 0 saturated carbocycles. The minimum Gasteiger partial charge on any atom is -0.468 e. The molecular formula is C37H48N4O7PS2+. The summed E-state index contributed by atoms with van der Waals surface area (Å²) in [6, 6.07) is 30.4. The van der Waals surface area contributed by atoms with Crippen molar-refractivity contribution in [2.45, 2.75) is 44.2 Å². The molecule has 0 aliphatic heterocycles. The van der Waals surface area contributed by atoms with E-state index in [1.54, 1.807) is 0 Å². The van der Waals surface area contributed by atoms with Crippen molar-refractivity contribution in [1.82, 2.24) is 16.0 Å². The number of benzene rings is 3. The molecule has 0 radical (unpaired) electrons. The van der Waals surface area contributed by atoms with Crippen LogP contribution < -0.4 is 37.6 Å². The van der Waals surface area contributed by atoms with E-state index in [4.69, 9.17) is 5.73 Å². The summed E-state index contributed by atoms with van der Waals surface area (Å²) >= 11 is 0. The average Bonchev–Trinajstić information content (AvgIpc) is 3.17. The molecule has 14 heteroatoms. The van der Waals surface area contributed by atoms with Gasteiger partial charge in [0.05, 0.1) is 26.1 Å². The Morgan fingerprint density at radius 2 is 1.29 bits per heavy atom. The molecule has 0 saturated heterocycles. The molecule has 0 bridgehead atoms. The number of carbonyl (C=O) groups is 5. The zero-order valence-electron chi connectivity index (χ0n) is 29.1. The van der Waals surface area contributed by atoms with Gasteiger partial charge in [-0.25, -0.2) is 0 Å². The van der Waals surface area contributed by atoms with Gasteiger partial charge in [-0.3, -0.25) is 24.0 Å². The van der Waals surface area contributed by atoms with Gasteiger partial charge in [0.2, 0.25) is 17.7 Å². The number of nitrogens with one attached hydrogen (secondary N) is 3. The van der Waals surface area contributed by atoms with Gasteiger partial charge in [-0.1, -0.05) is 76.2 Å². The highest BCUT2D eigenvalue weighted by molar-refractivity contribution is 8.76. The molecule has 0 spiro atoms. The number of rotatable bonds is 22. The monoisotopic (exact) mass is 755 g/mol. The first-order chi connectivity index (χ1) is 24.7.